The lowest BCUT2D eigenvalue weighted by molar-refractivity contribution is 0.0755. The summed E-state index contributed by atoms with van der Waals surface area (Å²) in [6.45, 7) is 7.17. The van der Waals surface area contributed by atoms with Gasteiger partial charge in [-0.25, -0.2) is 0 Å². The lowest BCUT2D eigenvalue weighted by atomic mass is 10.2. The Kier molecular flexibility index (Phi) is 6.06. The highest BCUT2D eigenvalue weighted by Crippen LogP contribution is 2.11. The fourth-order valence-electron chi connectivity index (χ4n) is 2.33. The second-order valence-electron chi connectivity index (χ2n) is 5.50. The van der Waals surface area contributed by atoms with Gasteiger partial charge in [0.1, 0.15) is 11.5 Å². The Morgan fingerprint density at radius 2 is 1.92 bits per heavy atom. The Bertz CT molecular complexity index is 705. The first kappa shape index (κ1) is 17.7. The predicted octanol–water partition coefficient (Wildman–Crippen LogP) is 2.89. The van der Waals surface area contributed by atoms with Crippen molar-refractivity contribution in [2.24, 2.45) is 0 Å². The maximum Gasteiger partial charge on any atom is 0.275 e. The van der Waals surface area contributed by atoms with E-state index in [2.05, 4.69) is 15.5 Å². The maximum absolute atomic E-state index is 12.6. The third-order valence-electron chi connectivity index (χ3n) is 3.38. The molecule has 2 amide bonds. The van der Waals surface area contributed by atoms with Crippen molar-refractivity contribution >= 4 is 17.6 Å². The number of hydrogen-bond acceptors (Lipinski definition) is 5. The summed E-state index contributed by atoms with van der Waals surface area (Å²) in [5.74, 6) is 0.384. The van der Waals surface area contributed by atoms with Gasteiger partial charge in [-0.3, -0.25) is 14.6 Å². The summed E-state index contributed by atoms with van der Waals surface area (Å²) in [5.41, 5.74) is 0.614. The molecule has 0 aliphatic heterocycles. The zero-order valence-electron chi connectivity index (χ0n) is 14.2. The van der Waals surface area contributed by atoms with Crippen molar-refractivity contribution in [1.82, 2.24) is 15.0 Å². The number of rotatable bonds is 7. The first-order valence-corrected chi connectivity index (χ1v) is 8.05. The van der Waals surface area contributed by atoms with Crippen LogP contribution in [0, 0.1) is 6.92 Å². The van der Waals surface area contributed by atoms with Gasteiger partial charge in [0.2, 0.25) is 0 Å². The van der Waals surface area contributed by atoms with E-state index in [1.165, 1.54) is 12.3 Å². The highest BCUT2D eigenvalue weighted by Gasteiger charge is 2.17. The number of carbonyl (C=O) groups excluding carboxylic acids is 2. The van der Waals surface area contributed by atoms with E-state index in [9.17, 15) is 9.59 Å². The highest BCUT2D eigenvalue weighted by atomic mass is 16.5. The summed E-state index contributed by atoms with van der Waals surface area (Å²) < 4.78 is 4.90. The van der Waals surface area contributed by atoms with Gasteiger partial charge >= 0.3 is 0 Å². The van der Waals surface area contributed by atoms with Crippen LogP contribution in [0.15, 0.2) is 28.9 Å². The minimum atomic E-state index is -0.435. The second kappa shape index (κ2) is 8.24. The minimum Gasteiger partial charge on any atom is -0.360 e. The third kappa shape index (κ3) is 4.41. The zero-order valence-corrected chi connectivity index (χ0v) is 14.2. The van der Waals surface area contributed by atoms with Gasteiger partial charge in [0.15, 0.2) is 5.82 Å². The van der Waals surface area contributed by atoms with Crippen LogP contribution in [0.5, 0.6) is 0 Å². The maximum atomic E-state index is 12.6. The molecule has 128 valence electrons. The Hall–Kier alpha value is -2.70. The predicted molar refractivity (Wildman–Crippen MR) is 89.9 cm³/mol. The molecular weight excluding hydrogens is 308 g/mol. The molecule has 7 heteroatoms. The van der Waals surface area contributed by atoms with Crippen LogP contribution in [0.1, 0.15) is 53.3 Å². The molecule has 2 rings (SSSR count). The van der Waals surface area contributed by atoms with Crippen LogP contribution < -0.4 is 5.32 Å². The van der Waals surface area contributed by atoms with E-state index in [4.69, 9.17) is 4.52 Å². The summed E-state index contributed by atoms with van der Waals surface area (Å²) >= 11 is 0. The number of pyridine rings is 1. The fourth-order valence-corrected chi connectivity index (χ4v) is 2.33. The average molecular weight is 330 g/mol. The smallest absolute Gasteiger partial charge is 0.275 e. The number of aryl methyl sites for hydroxylation is 1. The number of anilines is 1. The zero-order chi connectivity index (χ0) is 17.5. The molecule has 2 aromatic rings. The van der Waals surface area contributed by atoms with E-state index in [0.29, 0.717) is 30.2 Å². The molecule has 0 unspecified atom stereocenters. The van der Waals surface area contributed by atoms with Gasteiger partial charge in [0.05, 0.1) is 0 Å². The first-order chi connectivity index (χ1) is 11.5. The Morgan fingerprint density at radius 1 is 1.21 bits per heavy atom. The topological polar surface area (TPSA) is 88.3 Å². The Balaban J connectivity index is 2.15. The van der Waals surface area contributed by atoms with E-state index < -0.39 is 5.91 Å². The number of hydrogen-bond donors (Lipinski definition) is 1. The highest BCUT2D eigenvalue weighted by molar-refractivity contribution is 6.04. The van der Waals surface area contributed by atoms with Crippen LogP contribution in [0.4, 0.5) is 5.82 Å². The quantitative estimate of drug-likeness (QED) is 0.843. The van der Waals surface area contributed by atoms with Crippen molar-refractivity contribution in [3.05, 3.63) is 41.4 Å². The monoisotopic (exact) mass is 330 g/mol. The van der Waals surface area contributed by atoms with Gasteiger partial charge in [0, 0.05) is 30.9 Å². The van der Waals surface area contributed by atoms with E-state index in [1.807, 2.05) is 13.8 Å². The molecule has 0 saturated carbocycles. The molecule has 0 saturated heterocycles. The van der Waals surface area contributed by atoms with Crippen molar-refractivity contribution in [3.8, 4) is 0 Å². The van der Waals surface area contributed by atoms with Crippen molar-refractivity contribution in [3.63, 3.8) is 0 Å². The van der Waals surface area contributed by atoms with Crippen LogP contribution in [0.3, 0.4) is 0 Å². The first-order valence-electron chi connectivity index (χ1n) is 8.05. The van der Waals surface area contributed by atoms with Gasteiger partial charge in [-0.05, 0) is 31.9 Å². The summed E-state index contributed by atoms with van der Waals surface area (Å²) in [6.07, 6.45) is 3.23. The largest absolute Gasteiger partial charge is 0.360 e. The number of aromatic nitrogens is 2. The lowest BCUT2D eigenvalue weighted by Crippen LogP contribution is -2.32. The number of nitrogens with zero attached hydrogens (tertiary/aromatic N) is 3. The van der Waals surface area contributed by atoms with Crippen molar-refractivity contribution in [2.75, 3.05) is 18.4 Å². The molecule has 0 aliphatic carbocycles. The van der Waals surface area contributed by atoms with Gasteiger partial charge < -0.3 is 14.7 Å². The van der Waals surface area contributed by atoms with Crippen molar-refractivity contribution in [1.29, 1.82) is 0 Å². The normalized spacial score (nSPS) is 10.5. The van der Waals surface area contributed by atoms with E-state index in [1.54, 1.807) is 24.0 Å². The molecule has 0 atom stereocenters. The van der Waals surface area contributed by atoms with E-state index in [-0.39, 0.29) is 11.6 Å². The van der Waals surface area contributed by atoms with E-state index >= 15 is 0 Å². The number of amides is 2. The Morgan fingerprint density at radius 3 is 2.50 bits per heavy atom. The molecule has 0 spiro atoms. The van der Waals surface area contributed by atoms with Crippen LogP contribution in [0.25, 0.3) is 0 Å². The summed E-state index contributed by atoms with van der Waals surface area (Å²) in [7, 11) is 0. The molecule has 0 aromatic carbocycles. The van der Waals surface area contributed by atoms with Gasteiger partial charge in [0.25, 0.3) is 11.8 Å². The molecule has 2 aromatic heterocycles. The summed E-state index contributed by atoms with van der Waals surface area (Å²) in [4.78, 5) is 30.7. The summed E-state index contributed by atoms with van der Waals surface area (Å²) in [6, 6.07) is 4.73. The molecule has 0 bridgehead atoms. The van der Waals surface area contributed by atoms with Crippen LogP contribution in [-0.4, -0.2) is 39.9 Å². The molecule has 7 nitrogen and oxygen atoms in total. The van der Waals surface area contributed by atoms with Crippen LogP contribution in [-0.2, 0) is 0 Å². The molecule has 0 fully saturated rings. The molecule has 1 N–H and O–H groups in total. The lowest BCUT2D eigenvalue weighted by Gasteiger charge is -2.21. The molecule has 24 heavy (non-hydrogen) atoms. The van der Waals surface area contributed by atoms with Gasteiger partial charge in [-0.1, -0.05) is 19.0 Å². The second-order valence-corrected chi connectivity index (χ2v) is 5.50. The number of nitrogens with one attached hydrogen (secondary N) is 1. The molecule has 0 radical (unpaired) electrons. The van der Waals surface area contributed by atoms with Crippen molar-refractivity contribution in [2.45, 2.75) is 33.6 Å². The average Bonchev–Trinajstić information content (AvgIpc) is 2.99. The van der Waals surface area contributed by atoms with Gasteiger partial charge in [-0.2, -0.15) is 0 Å². The van der Waals surface area contributed by atoms with Crippen LogP contribution in [0.2, 0.25) is 0 Å². The van der Waals surface area contributed by atoms with Crippen LogP contribution >= 0.6 is 0 Å². The number of carbonyl (C=O) groups is 2. The van der Waals surface area contributed by atoms with Crippen molar-refractivity contribution < 1.29 is 14.1 Å². The fraction of sp³-hybridized carbons (Fsp3) is 0.412. The molecule has 0 aliphatic rings. The van der Waals surface area contributed by atoms with Gasteiger partial charge in [-0.15, -0.1) is 0 Å². The Labute approximate surface area is 141 Å². The standard InChI is InChI=1S/C17H22N4O3/c1-4-8-21(9-5-2)17(23)13-6-7-18-14(11-13)16(22)19-15-10-12(3)24-20-15/h6-7,10-11H,4-5,8-9H2,1-3H3,(H,19,20,22). The third-order valence-corrected chi connectivity index (χ3v) is 3.38. The molecular formula is C17H22N4O3. The molecule has 2 heterocycles. The SMILES string of the molecule is CCCN(CCC)C(=O)c1ccnc(C(=O)Nc2cc(C)on2)c1. The van der Waals surface area contributed by atoms with E-state index in [0.717, 1.165) is 12.8 Å². The summed E-state index contributed by atoms with van der Waals surface area (Å²) in [5, 5.41) is 6.30. The minimum absolute atomic E-state index is 0.0903.